The molecule has 102 valence electrons. The van der Waals surface area contributed by atoms with Crippen molar-refractivity contribution < 1.29 is 4.74 Å². The molecule has 0 amide bonds. The van der Waals surface area contributed by atoms with Crippen LogP contribution in [-0.4, -0.2) is 38.5 Å². The standard InChI is InChI=1S/C12H17N5OS/c1-12(6-13-7-12)18-5-9-16-17-10(8-3-2-4-8)14-15-11(17)19-9/h8,13H,2-7H2,1H3. The Morgan fingerprint density at radius 2 is 2.26 bits per heavy atom. The Bertz CT molecular complexity index is 598. The van der Waals surface area contributed by atoms with Crippen molar-refractivity contribution in [3.63, 3.8) is 0 Å². The first-order chi connectivity index (χ1) is 9.23. The molecule has 6 nitrogen and oxygen atoms in total. The summed E-state index contributed by atoms with van der Waals surface area (Å²) in [6, 6.07) is 0. The second-order valence-electron chi connectivity index (χ2n) is 5.72. The highest BCUT2D eigenvalue weighted by Crippen LogP contribution is 2.35. The van der Waals surface area contributed by atoms with Gasteiger partial charge in [-0.2, -0.15) is 9.61 Å². The van der Waals surface area contributed by atoms with Crippen LogP contribution >= 0.6 is 11.3 Å². The first kappa shape index (κ1) is 11.7. The van der Waals surface area contributed by atoms with Gasteiger partial charge >= 0.3 is 0 Å². The summed E-state index contributed by atoms with van der Waals surface area (Å²) in [5, 5.41) is 17.3. The molecule has 1 saturated carbocycles. The van der Waals surface area contributed by atoms with Gasteiger partial charge in [0.05, 0.1) is 5.60 Å². The summed E-state index contributed by atoms with van der Waals surface area (Å²) >= 11 is 1.58. The van der Waals surface area contributed by atoms with E-state index in [-0.39, 0.29) is 5.60 Å². The van der Waals surface area contributed by atoms with Gasteiger partial charge in [-0.05, 0) is 19.8 Å². The minimum Gasteiger partial charge on any atom is -0.365 e. The van der Waals surface area contributed by atoms with E-state index < -0.39 is 0 Å². The lowest BCUT2D eigenvalue weighted by atomic mass is 9.85. The van der Waals surface area contributed by atoms with E-state index in [9.17, 15) is 0 Å². The van der Waals surface area contributed by atoms with Gasteiger partial charge in [0, 0.05) is 19.0 Å². The fourth-order valence-electron chi connectivity index (χ4n) is 2.47. The number of ether oxygens (including phenoxy) is 1. The topological polar surface area (TPSA) is 64.3 Å². The van der Waals surface area contributed by atoms with Crippen molar-refractivity contribution in [2.45, 2.75) is 44.3 Å². The molecule has 0 unspecified atom stereocenters. The predicted octanol–water partition coefficient (Wildman–Crippen LogP) is 1.33. The SMILES string of the molecule is CC1(OCc2nn3c(C4CCC4)nnc3s2)CNC1. The van der Waals surface area contributed by atoms with Crippen molar-refractivity contribution in [1.82, 2.24) is 25.1 Å². The van der Waals surface area contributed by atoms with Gasteiger partial charge in [0.2, 0.25) is 4.96 Å². The number of aromatic nitrogens is 4. The Morgan fingerprint density at radius 1 is 1.42 bits per heavy atom. The molecule has 0 radical (unpaired) electrons. The van der Waals surface area contributed by atoms with E-state index in [1.165, 1.54) is 19.3 Å². The first-order valence-corrected chi connectivity index (χ1v) is 7.61. The summed E-state index contributed by atoms with van der Waals surface area (Å²) in [7, 11) is 0. The highest BCUT2D eigenvalue weighted by molar-refractivity contribution is 7.16. The number of nitrogens with zero attached hydrogens (tertiary/aromatic N) is 4. The highest BCUT2D eigenvalue weighted by atomic mass is 32.1. The maximum atomic E-state index is 5.91. The molecule has 2 aromatic heterocycles. The van der Waals surface area contributed by atoms with Crippen LogP contribution in [-0.2, 0) is 11.3 Å². The van der Waals surface area contributed by atoms with Crippen molar-refractivity contribution in [1.29, 1.82) is 0 Å². The zero-order valence-electron chi connectivity index (χ0n) is 10.9. The van der Waals surface area contributed by atoms with E-state index >= 15 is 0 Å². The average molecular weight is 279 g/mol. The van der Waals surface area contributed by atoms with Gasteiger partial charge in [-0.15, -0.1) is 10.2 Å². The molecule has 0 bridgehead atoms. The summed E-state index contributed by atoms with van der Waals surface area (Å²) < 4.78 is 7.83. The maximum absolute atomic E-state index is 5.91. The lowest BCUT2D eigenvalue weighted by Gasteiger charge is -2.38. The monoisotopic (exact) mass is 279 g/mol. The van der Waals surface area contributed by atoms with Crippen molar-refractivity contribution in [3.05, 3.63) is 10.8 Å². The lowest BCUT2D eigenvalue weighted by molar-refractivity contribution is -0.0769. The fraction of sp³-hybridized carbons (Fsp3) is 0.750. The molecular weight excluding hydrogens is 262 g/mol. The van der Waals surface area contributed by atoms with Crippen molar-refractivity contribution in [2.75, 3.05) is 13.1 Å². The molecule has 1 N–H and O–H groups in total. The Morgan fingerprint density at radius 3 is 2.89 bits per heavy atom. The minimum atomic E-state index is -0.0250. The Labute approximate surface area is 115 Å². The number of hydrogen-bond donors (Lipinski definition) is 1. The zero-order chi connectivity index (χ0) is 12.9. The Hall–Kier alpha value is -1.05. The van der Waals surface area contributed by atoms with Crippen LogP contribution in [0.25, 0.3) is 4.96 Å². The molecule has 2 aromatic rings. The van der Waals surface area contributed by atoms with Crippen LogP contribution in [0.5, 0.6) is 0 Å². The smallest absolute Gasteiger partial charge is 0.234 e. The van der Waals surface area contributed by atoms with E-state index in [2.05, 4.69) is 27.5 Å². The van der Waals surface area contributed by atoms with Crippen LogP contribution in [0.1, 0.15) is 42.9 Å². The number of fused-ring (bicyclic) bond motifs is 1. The van der Waals surface area contributed by atoms with Gasteiger partial charge < -0.3 is 10.1 Å². The molecule has 0 atom stereocenters. The third-order valence-corrected chi connectivity index (χ3v) is 4.94. The lowest BCUT2D eigenvalue weighted by Crippen LogP contribution is -2.58. The molecule has 1 aliphatic heterocycles. The predicted molar refractivity (Wildman–Crippen MR) is 71.3 cm³/mol. The molecule has 0 spiro atoms. The average Bonchev–Trinajstić information content (AvgIpc) is 2.83. The molecular formula is C12H17N5OS. The van der Waals surface area contributed by atoms with Gasteiger partial charge in [-0.1, -0.05) is 17.8 Å². The van der Waals surface area contributed by atoms with Crippen LogP contribution in [0.3, 0.4) is 0 Å². The molecule has 0 aromatic carbocycles. The van der Waals surface area contributed by atoms with Crippen LogP contribution < -0.4 is 5.32 Å². The number of hydrogen-bond acceptors (Lipinski definition) is 6. The second kappa shape index (κ2) is 4.22. The van der Waals surface area contributed by atoms with Crippen molar-refractivity contribution >= 4 is 16.3 Å². The van der Waals surface area contributed by atoms with E-state index in [0.29, 0.717) is 12.5 Å². The van der Waals surface area contributed by atoms with E-state index in [0.717, 1.165) is 28.9 Å². The summed E-state index contributed by atoms with van der Waals surface area (Å²) in [5.74, 6) is 1.58. The molecule has 1 aliphatic carbocycles. The molecule has 2 aliphatic rings. The highest BCUT2D eigenvalue weighted by Gasteiger charge is 2.33. The van der Waals surface area contributed by atoms with Crippen LogP contribution in [0.4, 0.5) is 0 Å². The third kappa shape index (κ3) is 1.96. The summed E-state index contributed by atoms with van der Waals surface area (Å²) in [6.45, 7) is 4.54. The van der Waals surface area contributed by atoms with E-state index in [1.807, 2.05) is 4.52 Å². The van der Waals surface area contributed by atoms with Crippen LogP contribution in [0, 0.1) is 0 Å². The minimum absolute atomic E-state index is 0.0250. The van der Waals surface area contributed by atoms with Gasteiger partial charge in [-0.25, -0.2) is 0 Å². The van der Waals surface area contributed by atoms with Gasteiger partial charge in [0.1, 0.15) is 11.6 Å². The molecule has 19 heavy (non-hydrogen) atoms. The third-order valence-electron chi connectivity index (χ3n) is 4.07. The van der Waals surface area contributed by atoms with Gasteiger partial charge in [0.25, 0.3) is 0 Å². The largest absolute Gasteiger partial charge is 0.365 e. The summed E-state index contributed by atoms with van der Waals surface area (Å²) in [6.07, 6.45) is 3.73. The summed E-state index contributed by atoms with van der Waals surface area (Å²) in [5.41, 5.74) is -0.0250. The summed E-state index contributed by atoms with van der Waals surface area (Å²) in [4.78, 5) is 0.886. The van der Waals surface area contributed by atoms with Crippen molar-refractivity contribution in [3.8, 4) is 0 Å². The molecule has 4 rings (SSSR count). The van der Waals surface area contributed by atoms with E-state index in [1.54, 1.807) is 11.3 Å². The van der Waals surface area contributed by atoms with Gasteiger partial charge in [0.15, 0.2) is 5.82 Å². The molecule has 7 heteroatoms. The molecule has 3 heterocycles. The van der Waals surface area contributed by atoms with Gasteiger partial charge in [-0.3, -0.25) is 0 Å². The first-order valence-electron chi connectivity index (χ1n) is 6.79. The van der Waals surface area contributed by atoms with Crippen LogP contribution in [0.2, 0.25) is 0 Å². The van der Waals surface area contributed by atoms with Crippen LogP contribution in [0.15, 0.2) is 0 Å². The van der Waals surface area contributed by atoms with Crippen molar-refractivity contribution in [2.24, 2.45) is 0 Å². The number of rotatable bonds is 4. The Kier molecular flexibility index (Phi) is 2.61. The fourth-order valence-corrected chi connectivity index (χ4v) is 3.22. The van der Waals surface area contributed by atoms with E-state index in [4.69, 9.17) is 4.74 Å². The molecule has 1 saturated heterocycles. The Balaban J connectivity index is 1.53. The molecule has 2 fully saturated rings. The number of nitrogens with one attached hydrogen (secondary N) is 1. The maximum Gasteiger partial charge on any atom is 0.234 e. The quantitative estimate of drug-likeness (QED) is 0.914. The normalized spacial score (nSPS) is 22.4. The zero-order valence-corrected chi connectivity index (χ0v) is 11.7. The second-order valence-corrected chi connectivity index (χ2v) is 6.76.